The summed E-state index contributed by atoms with van der Waals surface area (Å²) in [6.45, 7) is 7.45. The Bertz CT molecular complexity index is 526. The van der Waals surface area contributed by atoms with Crippen molar-refractivity contribution in [3.63, 3.8) is 0 Å². The van der Waals surface area contributed by atoms with Crippen LogP contribution in [0, 0.1) is 0 Å². The lowest BCUT2D eigenvalue weighted by atomic mass is 10.1. The fourth-order valence-electron chi connectivity index (χ4n) is 2.67. The number of hydrogen-bond acceptors (Lipinski definition) is 4. The highest BCUT2D eigenvalue weighted by Crippen LogP contribution is 2.35. The molecule has 6 heteroatoms. The lowest BCUT2D eigenvalue weighted by molar-refractivity contribution is 0.0802. The van der Waals surface area contributed by atoms with Crippen molar-refractivity contribution in [1.82, 2.24) is 10.4 Å². The minimum absolute atomic E-state index is 0.199. The number of amides is 1. The fourth-order valence-corrected chi connectivity index (χ4v) is 2.96. The number of halogens is 1. The highest BCUT2D eigenvalue weighted by Gasteiger charge is 2.21. The van der Waals surface area contributed by atoms with Gasteiger partial charge in [0, 0.05) is 32.2 Å². The zero-order valence-corrected chi connectivity index (χ0v) is 14.2. The van der Waals surface area contributed by atoms with E-state index in [2.05, 4.69) is 10.3 Å². The molecule has 1 fully saturated rings. The number of anilines is 1. The summed E-state index contributed by atoms with van der Waals surface area (Å²) < 4.78 is 5.41. The first-order valence-electron chi connectivity index (χ1n) is 7.79. The number of benzene rings is 1. The topological polar surface area (TPSA) is 44.8 Å². The Balaban J connectivity index is 2.27. The van der Waals surface area contributed by atoms with Gasteiger partial charge in [-0.05, 0) is 18.9 Å². The Morgan fingerprint density at radius 1 is 1.32 bits per heavy atom. The van der Waals surface area contributed by atoms with E-state index >= 15 is 0 Å². The predicted octanol–water partition coefficient (Wildman–Crippen LogP) is 2.94. The average molecular weight is 326 g/mol. The summed E-state index contributed by atoms with van der Waals surface area (Å²) >= 11 is 6.40. The van der Waals surface area contributed by atoms with Crippen molar-refractivity contribution in [1.29, 1.82) is 0 Å². The Labute approximate surface area is 137 Å². The smallest absolute Gasteiger partial charge is 0.269 e. The van der Waals surface area contributed by atoms with E-state index in [-0.39, 0.29) is 5.91 Å². The van der Waals surface area contributed by atoms with Crippen LogP contribution in [0.4, 0.5) is 5.69 Å². The summed E-state index contributed by atoms with van der Waals surface area (Å²) in [6, 6.07) is 3.57. The summed E-state index contributed by atoms with van der Waals surface area (Å²) in [7, 11) is 1.57. The third-order valence-corrected chi connectivity index (χ3v) is 4.29. The molecule has 1 heterocycles. The molecule has 1 N–H and O–H groups in total. The maximum absolute atomic E-state index is 12.4. The van der Waals surface area contributed by atoms with Gasteiger partial charge in [-0.25, -0.2) is 5.01 Å². The van der Waals surface area contributed by atoms with Gasteiger partial charge in [0.1, 0.15) is 5.75 Å². The molecule has 1 aliphatic rings. The van der Waals surface area contributed by atoms with Crippen LogP contribution in [0.15, 0.2) is 12.1 Å². The van der Waals surface area contributed by atoms with Gasteiger partial charge in [0.2, 0.25) is 0 Å². The lowest BCUT2D eigenvalue weighted by Crippen LogP contribution is -2.42. The van der Waals surface area contributed by atoms with Crippen LogP contribution in [0.2, 0.25) is 5.02 Å². The Kier molecular flexibility index (Phi) is 5.91. The summed E-state index contributed by atoms with van der Waals surface area (Å²) in [4.78, 5) is 14.7. The molecule has 2 rings (SSSR count). The molecule has 22 heavy (non-hydrogen) atoms. The fraction of sp³-hybridized carbons (Fsp3) is 0.562. The molecule has 1 saturated heterocycles. The molecule has 5 nitrogen and oxygen atoms in total. The van der Waals surface area contributed by atoms with Crippen LogP contribution in [-0.4, -0.2) is 44.2 Å². The van der Waals surface area contributed by atoms with E-state index in [9.17, 15) is 4.79 Å². The lowest BCUT2D eigenvalue weighted by Gasteiger charge is -2.23. The van der Waals surface area contributed by atoms with Crippen molar-refractivity contribution in [2.24, 2.45) is 0 Å². The maximum Gasteiger partial charge on any atom is 0.269 e. The molecular weight excluding hydrogens is 302 g/mol. The van der Waals surface area contributed by atoms with E-state index in [1.807, 2.05) is 24.9 Å². The van der Waals surface area contributed by atoms with Crippen LogP contribution in [0.25, 0.3) is 0 Å². The number of nitrogens with zero attached hydrogens (tertiary/aromatic N) is 2. The van der Waals surface area contributed by atoms with Crippen LogP contribution in [0.1, 0.15) is 37.0 Å². The Hall–Kier alpha value is -1.46. The Morgan fingerprint density at radius 3 is 2.50 bits per heavy atom. The van der Waals surface area contributed by atoms with Crippen LogP contribution in [-0.2, 0) is 0 Å². The number of hydrazine groups is 1. The number of carbonyl (C=O) groups is 1. The minimum Gasteiger partial charge on any atom is -0.496 e. The molecule has 0 radical (unpaired) electrons. The van der Waals surface area contributed by atoms with Crippen LogP contribution in [0.3, 0.4) is 0 Å². The first-order valence-corrected chi connectivity index (χ1v) is 8.16. The number of rotatable bonds is 6. The molecule has 1 amide bonds. The van der Waals surface area contributed by atoms with Gasteiger partial charge in [-0.15, -0.1) is 0 Å². The monoisotopic (exact) mass is 325 g/mol. The van der Waals surface area contributed by atoms with Crippen LogP contribution >= 0.6 is 11.6 Å². The van der Waals surface area contributed by atoms with Crippen molar-refractivity contribution < 1.29 is 9.53 Å². The SMILES string of the molecule is CCN(CC)NC(=O)c1cc(Cl)c(N2CCCC2)cc1OC. The molecule has 0 spiro atoms. The van der Waals surface area contributed by atoms with E-state index < -0.39 is 0 Å². The summed E-state index contributed by atoms with van der Waals surface area (Å²) in [5.41, 5.74) is 4.27. The highest BCUT2D eigenvalue weighted by molar-refractivity contribution is 6.33. The van der Waals surface area contributed by atoms with Crippen molar-refractivity contribution in [3.05, 3.63) is 22.7 Å². The third-order valence-electron chi connectivity index (χ3n) is 3.98. The quantitative estimate of drug-likeness (QED) is 0.817. The normalized spacial score (nSPS) is 14.5. The second kappa shape index (κ2) is 7.70. The van der Waals surface area contributed by atoms with Gasteiger partial charge < -0.3 is 9.64 Å². The molecule has 0 aromatic heterocycles. The molecule has 1 aromatic rings. The summed E-state index contributed by atoms with van der Waals surface area (Å²) in [5.74, 6) is 0.353. The molecule has 0 saturated carbocycles. The minimum atomic E-state index is -0.199. The van der Waals surface area contributed by atoms with Gasteiger partial charge in [0.15, 0.2) is 0 Å². The van der Waals surface area contributed by atoms with E-state index in [4.69, 9.17) is 16.3 Å². The number of hydrogen-bond donors (Lipinski definition) is 1. The van der Waals surface area contributed by atoms with Gasteiger partial charge in [0.05, 0.1) is 23.4 Å². The average Bonchev–Trinajstić information content (AvgIpc) is 3.06. The predicted molar refractivity (Wildman–Crippen MR) is 89.8 cm³/mol. The van der Waals surface area contributed by atoms with E-state index in [1.165, 1.54) is 12.8 Å². The van der Waals surface area contributed by atoms with Crippen molar-refractivity contribution in [3.8, 4) is 5.75 Å². The molecule has 0 atom stereocenters. The van der Waals surface area contributed by atoms with Gasteiger partial charge >= 0.3 is 0 Å². The van der Waals surface area contributed by atoms with Crippen LogP contribution < -0.4 is 15.1 Å². The second-order valence-electron chi connectivity index (χ2n) is 5.31. The van der Waals surface area contributed by atoms with Crippen molar-refractivity contribution in [2.45, 2.75) is 26.7 Å². The zero-order valence-electron chi connectivity index (χ0n) is 13.5. The number of carbonyl (C=O) groups excluding carboxylic acids is 1. The summed E-state index contributed by atoms with van der Waals surface area (Å²) in [6.07, 6.45) is 2.34. The van der Waals surface area contributed by atoms with Crippen molar-refractivity contribution in [2.75, 3.05) is 38.2 Å². The van der Waals surface area contributed by atoms with E-state index in [1.54, 1.807) is 13.2 Å². The first-order chi connectivity index (χ1) is 10.6. The third kappa shape index (κ3) is 3.65. The van der Waals surface area contributed by atoms with Gasteiger partial charge in [0.25, 0.3) is 5.91 Å². The van der Waals surface area contributed by atoms with E-state index in [0.29, 0.717) is 16.3 Å². The highest BCUT2D eigenvalue weighted by atomic mass is 35.5. The number of ether oxygens (including phenoxy) is 1. The number of nitrogens with one attached hydrogen (secondary N) is 1. The number of methoxy groups -OCH3 is 1. The molecular formula is C16H24ClN3O2. The molecule has 0 unspecified atom stereocenters. The summed E-state index contributed by atoms with van der Waals surface area (Å²) in [5, 5.41) is 2.43. The van der Waals surface area contributed by atoms with Crippen LogP contribution in [0.5, 0.6) is 5.75 Å². The maximum atomic E-state index is 12.4. The molecule has 1 aromatic carbocycles. The molecule has 122 valence electrons. The first kappa shape index (κ1) is 16.9. The standard InChI is InChI=1S/C16H24ClN3O2/c1-4-20(5-2)18-16(21)12-10-13(17)14(11-15(12)22-3)19-8-6-7-9-19/h10-11H,4-9H2,1-3H3,(H,18,21). The van der Waals surface area contributed by atoms with Gasteiger partial charge in [-0.1, -0.05) is 25.4 Å². The van der Waals surface area contributed by atoms with Gasteiger partial charge in [-0.3, -0.25) is 10.2 Å². The molecule has 1 aliphatic heterocycles. The second-order valence-corrected chi connectivity index (χ2v) is 5.72. The largest absolute Gasteiger partial charge is 0.496 e. The van der Waals surface area contributed by atoms with Crippen molar-refractivity contribution >= 4 is 23.2 Å². The molecule has 0 aliphatic carbocycles. The van der Waals surface area contributed by atoms with Gasteiger partial charge in [-0.2, -0.15) is 0 Å². The Morgan fingerprint density at radius 2 is 1.95 bits per heavy atom. The van der Waals surface area contributed by atoms with E-state index in [0.717, 1.165) is 31.9 Å². The molecule has 0 bridgehead atoms. The zero-order chi connectivity index (χ0) is 16.1.